The van der Waals surface area contributed by atoms with Crippen molar-refractivity contribution in [3.8, 4) is 0 Å². The highest BCUT2D eigenvalue weighted by Gasteiger charge is 2.08. The summed E-state index contributed by atoms with van der Waals surface area (Å²) in [5.74, 6) is 0.657. The molecule has 17 heteroatoms. The first-order valence-electron chi connectivity index (χ1n) is 18.3. The maximum atomic E-state index is 12.5. The SMILES string of the molecule is C=C(NC(=NCCCCCCC)NC(N)=NCCOCCOCCNC(=O)c1ccccc1)Nc1ccc(C(=O)NCCOCCOCCN=[N+]=[N-])cc1. The molecule has 54 heavy (non-hydrogen) atoms. The van der Waals surface area contributed by atoms with Crippen LogP contribution < -0.4 is 32.3 Å². The van der Waals surface area contributed by atoms with Crippen LogP contribution in [0.3, 0.4) is 0 Å². The van der Waals surface area contributed by atoms with Gasteiger partial charge >= 0.3 is 0 Å². The molecule has 0 unspecified atom stereocenters. The molecule has 0 spiro atoms. The third-order valence-electron chi connectivity index (χ3n) is 7.25. The molecule has 0 aliphatic heterocycles. The third-order valence-corrected chi connectivity index (χ3v) is 7.25. The van der Waals surface area contributed by atoms with Crippen LogP contribution in [0, 0.1) is 0 Å². The lowest BCUT2D eigenvalue weighted by Crippen LogP contribution is -2.45. The highest BCUT2D eigenvalue weighted by Crippen LogP contribution is 2.11. The van der Waals surface area contributed by atoms with E-state index < -0.39 is 0 Å². The standard InChI is InChI=1S/C37H57N11O6/c1-3-4-5-6-10-17-43-37(47-36(38)42-20-24-53-27-26-51-22-18-40-34(49)31-11-8-7-9-12-31)46-30(2)45-33-15-13-32(14-16-33)35(50)41-19-23-52-28-29-54-25-21-44-48-39/h7-9,11-16,45H,2-6,10,17-29H2,1H3,(H,40,49)(H,41,50)(H4,38,42,43,46,47). The Kier molecular flexibility index (Phi) is 25.2. The number of amides is 2. The van der Waals surface area contributed by atoms with Gasteiger partial charge in [0.15, 0.2) is 5.96 Å². The fourth-order valence-electron chi connectivity index (χ4n) is 4.52. The zero-order valence-corrected chi connectivity index (χ0v) is 31.4. The number of nitrogens with zero attached hydrogens (tertiary/aromatic N) is 5. The van der Waals surface area contributed by atoms with E-state index in [-0.39, 0.29) is 24.3 Å². The maximum Gasteiger partial charge on any atom is 0.251 e. The second kappa shape index (κ2) is 30.3. The summed E-state index contributed by atoms with van der Waals surface area (Å²) in [4.78, 5) is 36.2. The molecule has 2 rings (SSSR count). The van der Waals surface area contributed by atoms with Gasteiger partial charge in [-0.2, -0.15) is 0 Å². The molecule has 0 aliphatic rings. The minimum absolute atomic E-state index is 0.135. The number of carbonyl (C=O) groups excluding carboxylic acids is 2. The van der Waals surface area contributed by atoms with Crippen molar-refractivity contribution in [2.45, 2.75) is 39.0 Å². The van der Waals surface area contributed by atoms with Gasteiger partial charge in [0.2, 0.25) is 5.96 Å². The molecule has 0 fully saturated rings. The van der Waals surface area contributed by atoms with Gasteiger partial charge in [-0.05, 0) is 48.4 Å². The number of nitrogens with one attached hydrogen (secondary N) is 5. The topological polar surface area (TPSA) is 231 Å². The fourth-order valence-corrected chi connectivity index (χ4v) is 4.52. The van der Waals surface area contributed by atoms with Gasteiger partial charge in [0, 0.05) is 47.9 Å². The normalized spacial score (nSPS) is 11.4. The molecule has 2 amide bonds. The van der Waals surface area contributed by atoms with Crippen molar-refractivity contribution >= 4 is 29.4 Å². The largest absolute Gasteiger partial charge is 0.379 e. The van der Waals surface area contributed by atoms with E-state index in [1.54, 1.807) is 36.4 Å². The number of rotatable bonds is 29. The Morgan fingerprint density at radius 1 is 0.704 bits per heavy atom. The fraction of sp³-hybridized carbons (Fsp3) is 0.514. The predicted molar refractivity (Wildman–Crippen MR) is 211 cm³/mol. The average Bonchev–Trinajstić information content (AvgIpc) is 3.18. The number of anilines is 1. The van der Waals surface area contributed by atoms with Crippen LogP contribution in [0.4, 0.5) is 5.69 Å². The van der Waals surface area contributed by atoms with Gasteiger partial charge in [0.05, 0.1) is 59.4 Å². The summed E-state index contributed by atoms with van der Waals surface area (Å²) in [7, 11) is 0. The maximum absolute atomic E-state index is 12.5. The lowest BCUT2D eigenvalue weighted by molar-refractivity contribution is 0.0511. The number of aliphatic imine (C=N–C) groups is 2. The van der Waals surface area contributed by atoms with E-state index in [0.29, 0.717) is 108 Å². The summed E-state index contributed by atoms with van der Waals surface area (Å²) in [5, 5.41) is 18.3. The number of nitrogens with two attached hydrogens (primary N) is 1. The van der Waals surface area contributed by atoms with E-state index in [1.807, 2.05) is 18.2 Å². The third kappa shape index (κ3) is 22.7. The summed E-state index contributed by atoms with van der Waals surface area (Å²) in [6.07, 6.45) is 5.55. The number of hydrogen-bond acceptors (Lipinski definition) is 10. The van der Waals surface area contributed by atoms with Crippen LogP contribution in [-0.2, 0) is 18.9 Å². The van der Waals surface area contributed by atoms with Gasteiger partial charge < -0.3 is 45.9 Å². The summed E-state index contributed by atoms with van der Waals surface area (Å²) in [6.45, 7) is 11.1. The Hall–Kier alpha value is -5.19. The number of carbonyl (C=O) groups is 2. The van der Waals surface area contributed by atoms with Crippen LogP contribution in [0.5, 0.6) is 0 Å². The van der Waals surface area contributed by atoms with Crippen LogP contribution in [0.1, 0.15) is 59.7 Å². The summed E-state index contributed by atoms with van der Waals surface area (Å²) < 4.78 is 21.8. The number of benzene rings is 2. The Labute approximate surface area is 318 Å². The Morgan fingerprint density at radius 2 is 1.28 bits per heavy atom. The van der Waals surface area contributed by atoms with E-state index in [9.17, 15) is 9.59 Å². The molecular weight excluding hydrogens is 694 g/mol. The molecule has 0 aromatic heterocycles. The van der Waals surface area contributed by atoms with E-state index in [1.165, 1.54) is 12.8 Å². The molecule has 0 bridgehead atoms. The first kappa shape index (κ1) is 45.0. The number of azide groups is 1. The Balaban J connectivity index is 1.70. The van der Waals surface area contributed by atoms with Crippen molar-refractivity contribution in [2.24, 2.45) is 20.8 Å². The Morgan fingerprint density at radius 3 is 1.89 bits per heavy atom. The molecule has 0 radical (unpaired) electrons. The highest BCUT2D eigenvalue weighted by atomic mass is 16.5. The molecule has 0 aliphatic carbocycles. The summed E-state index contributed by atoms with van der Waals surface area (Å²) in [5.41, 5.74) is 16.2. The van der Waals surface area contributed by atoms with Gasteiger partial charge in [-0.1, -0.05) is 62.5 Å². The van der Waals surface area contributed by atoms with E-state index in [0.717, 1.165) is 19.3 Å². The van der Waals surface area contributed by atoms with Crippen LogP contribution >= 0.6 is 0 Å². The molecule has 7 N–H and O–H groups in total. The molecule has 2 aromatic carbocycles. The molecule has 296 valence electrons. The molecule has 0 saturated carbocycles. The lowest BCUT2D eigenvalue weighted by Gasteiger charge is -2.16. The van der Waals surface area contributed by atoms with Gasteiger partial charge in [0.1, 0.15) is 5.82 Å². The molecule has 17 nitrogen and oxygen atoms in total. The van der Waals surface area contributed by atoms with Gasteiger partial charge in [-0.25, -0.2) is 0 Å². The number of guanidine groups is 2. The van der Waals surface area contributed by atoms with Crippen molar-refractivity contribution in [3.05, 3.63) is 88.6 Å². The van der Waals surface area contributed by atoms with Crippen molar-refractivity contribution < 1.29 is 28.5 Å². The molecule has 0 heterocycles. The second-order valence-electron chi connectivity index (χ2n) is 11.6. The average molecular weight is 752 g/mol. The van der Waals surface area contributed by atoms with Crippen molar-refractivity contribution in [1.82, 2.24) is 21.3 Å². The minimum Gasteiger partial charge on any atom is -0.379 e. The van der Waals surface area contributed by atoms with Crippen LogP contribution in [-0.4, -0.2) is 109 Å². The van der Waals surface area contributed by atoms with Crippen molar-refractivity contribution in [1.29, 1.82) is 0 Å². The van der Waals surface area contributed by atoms with E-state index >= 15 is 0 Å². The predicted octanol–water partition coefficient (Wildman–Crippen LogP) is 3.93. The monoisotopic (exact) mass is 751 g/mol. The molecule has 0 atom stereocenters. The first-order chi connectivity index (χ1) is 26.4. The van der Waals surface area contributed by atoms with Gasteiger partial charge in [-0.3, -0.25) is 24.9 Å². The summed E-state index contributed by atoms with van der Waals surface area (Å²) in [6, 6.07) is 16.0. The van der Waals surface area contributed by atoms with E-state index in [4.69, 9.17) is 30.2 Å². The first-order valence-corrected chi connectivity index (χ1v) is 18.3. The highest BCUT2D eigenvalue weighted by molar-refractivity contribution is 5.98. The number of hydrogen-bond donors (Lipinski definition) is 6. The van der Waals surface area contributed by atoms with Crippen LogP contribution in [0.25, 0.3) is 10.4 Å². The van der Waals surface area contributed by atoms with Crippen molar-refractivity contribution in [2.75, 3.05) is 90.9 Å². The van der Waals surface area contributed by atoms with Gasteiger partial charge in [0.25, 0.3) is 11.8 Å². The van der Waals surface area contributed by atoms with Crippen LogP contribution in [0.15, 0.2) is 82.1 Å². The zero-order valence-electron chi connectivity index (χ0n) is 31.4. The second-order valence-corrected chi connectivity index (χ2v) is 11.6. The van der Waals surface area contributed by atoms with E-state index in [2.05, 4.69) is 60.1 Å². The van der Waals surface area contributed by atoms with Crippen LogP contribution in [0.2, 0.25) is 0 Å². The number of unbranched alkanes of at least 4 members (excludes halogenated alkanes) is 4. The van der Waals surface area contributed by atoms with Crippen molar-refractivity contribution in [3.63, 3.8) is 0 Å². The molecule has 0 saturated heterocycles. The quantitative estimate of drug-likeness (QED) is 0.0175. The zero-order chi connectivity index (χ0) is 38.9. The molecule has 2 aromatic rings. The lowest BCUT2D eigenvalue weighted by atomic mass is 10.2. The van der Waals surface area contributed by atoms with Gasteiger partial charge in [-0.15, -0.1) is 0 Å². The minimum atomic E-state index is -0.222. The smallest absolute Gasteiger partial charge is 0.251 e. The summed E-state index contributed by atoms with van der Waals surface area (Å²) >= 11 is 0. The number of ether oxygens (including phenoxy) is 4. The Bertz CT molecular complexity index is 1450. The molecular formula is C37H57N11O6.